The van der Waals surface area contributed by atoms with Gasteiger partial charge in [0.2, 0.25) is 11.0 Å². The highest BCUT2D eigenvalue weighted by atomic mass is 32.2. The van der Waals surface area contributed by atoms with Crippen LogP contribution in [0.1, 0.15) is 18.4 Å². The third-order valence-corrected chi connectivity index (χ3v) is 5.55. The minimum absolute atomic E-state index is 0.0741. The Hall–Kier alpha value is -1.71. The monoisotopic (exact) mass is 365 g/mol. The highest BCUT2D eigenvalue weighted by Gasteiger charge is 2.24. The summed E-state index contributed by atoms with van der Waals surface area (Å²) in [6.07, 6.45) is 5.55. The molecule has 1 saturated heterocycles. The fourth-order valence-corrected chi connectivity index (χ4v) is 4.03. The molecule has 1 aliphatic rings. The molecule has 0 aliphatic carbocycles. The van der Waals surface area contributed by atoms with Crippen LogP contribution >= 0.6 is 23.1 Å². The summed E-state index contributed by atoms with van der Waals surface area (Å²) < 4.78 is 6.66. The number of aromatic nitrogens is 3. The van der Waals surface area contributed by atoms with Crippen molar-refractivity contribution in [3.05, 3.63) is 30.1 Å². The Kier molecular flexibility index (Phi) is 6.00. The minimum Gasteiger partial charge on any atom is -0.374 e. The number of carbonyl (C=O) groups is 1. The summed E-state index contributed by atoms with van der Waals surface area (Å²) in [5.41, 5.74) is 6.59. The lowest BCUT2D eigenvalue weighted by Crippen LogP contribution is -2.44. The molecule has 7 nitrogen and oxygen atoms in total. The number of likely N-dealkylation sites (tertiary alicyclic amines) is 1. The van der Waals surface area contributed by atoms with Gasteiger partial charge >= 0.3 is 0 Å². The summed E-state index contributed by atoms with van der Waals surface area (Å²) in [7, 11) is 0. The molecule has 1 fully saturated rings. The Morgan fingerprint density at radius 1 is 1.50 bits per heavy atom. The first-order valence-corrected chi connectivity index (χ1v) is 9.51. The second kappa shape index (κ2) is 8.41. The van der Waals surface area contributed by atoms with Crippen molar-refractivity contribution in [2.24, 2.45) is 0 Å². The first-order valence-electron chi connectivity index (χ1n) is 7.71. The van der Waals surface area contributed by atoms with Crippen molar-refractivity contribution in [2.75, 3.05) is 24.6 Å². The van der Waals surface area contributed by atoms with Gasteiger partial charge in [0.25, 0.3) is 0 Å². The fraction of sp³-hybridized carbons (Fsp3) is 0.467. The molecule has 128 valence electrons. The fourth-order valence-electron chi connectivity index (χ4n) is 2.49. The lowest BCUT2D eigenvalue weighted by atomic mass is 10.1. The van der Waals surface area contributed by atoms with E-state index in [0.717, 1.165) is 29.3 Å². The third kappa shape index (κ3) is 4.89. The Labute approximate surface area is 148 Å². The zero-order valence-electron chi connectivity index (χ0n) is 13.1. The molecule has 0 unspecified atom stereocenters. The Morgan fingerprint density at radius 2 is 2.42 bits per heavy atom. The van der Waals surface area contributed by atoms with Crippen molar-refractivity contribution in [3.63, 3.8) is 0 Å². The van der Waals surface area contributed by atoms with E-state index in [0.29, 0.717) is 24.0 Å². The molecule has 0 aromatic carbocycles. The number of hydrogen-bond donors (Lipinski definition) is 1. The molecule has 3 rings (SSSR count). The second-order valence-corrected chi connectivity index (χ2v) is 7.70. The number of amides is 1. The molecule has 3 heterocycles. The number of piperidine rings is 1. The van der Waals surface area contributed by atoms with Gasteiger partial charge in [-0.2, -0.15) is 0 Å². The van der Waals surface area contributed by atoms with Crippen LogP contribution in [0.2, 0.25) is 0 Å². The van der Waals surface area contributed by atoms with E-state index in [4.69, 9.17) is 10.5 Å². The minimum atomic E-state index is 0.0741. The van der Waals surface area contributed by atoms with Gasteiger partial charge in [-0.1, -0.05) is 29.2 Å². The van der Waals surface area contributed by atoms with Crippen molar-refractivity contribution in [1.29, 1.82) is 0 Å². The maximum Gasteiger partial charge on any atom is 0.233 e. The van der Waals surface area contributed by atoms with Gasteiger partial charge in [-0.25, -0.2) is 0 Å². The van der Waals surface area contributed by atoms with Crippen molar-refractivity contribution >= 4 is 34.1 Å². The highest BCUT2D eigenvalue weighted by Crippen LogP contribution is 2.24. The van der Waals surface area contributed by atoms with Crippen LogP contribution in [0, 0.1) is 0 Å². The summed E-state index contributed by atoms with van der Waals surface area (Å²) in [5, 5.41) is 8.09. The predicted octanol–water partition coefficient (Wildman–Crippen LogP) is 1.82. The topological polar surface area (TPSA) is 94.2 Å². The maximum atomic E-state index is 12.4. The lowest BCUT2D eigenvalue weighted by molar-refractivity contribution is -0.132. The van der Waals surface area contributed by atoms with Gasteiger partial charge < -0.3 is 15.4 Å². The predicted molar refractivity (Wildman–Crippen MR) is 93.7 cm³/mol. The molecule has 2 aromatic heterocycles. The number of anilines is 1. The zero-order chi connectivity index (χ0) is 16.8. The normalized spacial score (nSPS) is 17.8. The number of ether oxygens (including phenoxy) is 1. The quantitative estimate of drug-likeness (QED) is 0.780. The molecule has 1 amide bonds. The summed E-state index contributed by atoms with van der Waals surface area (Å²) >= 11 is 2.68. The second-order valence-electron chi connectivity index (χ2n) is 5.47. The van der Waals surface area contributed by atoms with Gasteiger partial charge in [0.1, 0.15) is 0 Å². The first-order chi connectivity index (χ1) is 11.7. The Bertz CT molecular complexity index is 667. The SMILES string of the molecule is Nc1nnc(SCC(=O)N2CCC[C@H](OCc3cccnc3)C2)s1. The number of rotatable bonds is 6. The Balaban J connectivity index is 1.45. The van der Waals surface area contributed by atoms with Crippen LogP contribution in [0.3, 0.4) is 0 Å². The molecule has 2 aromatic rings. The molecule has 9 heteroatoms. The molecular weight excluding hydrogens is 346 g/mol. The number of pyridine rings is 1. The van der Waals surface area contributed by atoms with Crippen LogP contribution in [-0.2, 0) is 16.1 Å². The van der Waals surface area contributed by atoms with Gasteiger partial charge in [-0.05, 0) is 24.5 Å². The molecule has 1 atom stereocenters. The van der Waals surface area contributed by atoms with Crippen molar-refractivity contribution in [3.8, 4) is 0 Å². The molecule has 0 radical (unpaired) electrons. The van der Waals surface area contributed by atoms with Gasteiger partial charge in [0, 0.05) is 25.5 Å². The summed E-state index contributed by atoms with van der Waals surface area (Å²) in [6.45, 7) is 1.95. The highest BCUT2D eigenvalue weighted by molar-refractivity contribution is 8.01. The van der Waals surface area contributed by atoms with Gasteiger partial charge in [0.15, 0.2) is 4.34 Å². The van der Waals surface area contributed by atoms with Gasteiger partial charge in [0.05, 0.1) is 18.5 Å². The summed E-state index contributed by atoms with van der Waals surface area (Å²) in [4.78, 5) is 18.3. The van der Waals surface area contributed by atoms with Crippen molar-refractivity contribution in [2.45, 2.75) is 29.9 Å². The average molecular weight is 365 g/mol. The standard InChI is InChI=1S/C15H19N5O2S2/c16-14-18-19-15(24-14)23-10-13(21)20-6-2-4-12(8-20)22-9-11-3-1-5-17-7-11/h1,3,5,7,12H,2,4,6,8-10H2,(H2,16,18)/t12-/m0/s1. The average Bonchev–Trinajstić information content (AvgIpc) is 3.04. The summed E-state index contributed by atoms with van der Waals surface area (Å²) in [6, 6.07) is 3.88. The number of nitrogen functional groups attached to an aromatic ring is 1. The van der Waals surface area contributed by atoms with E-state index in [-0.39, 0.29) is 12.0 Å². The lowest BCUT2D eigenvalue weighted by Gasteiger charge is -2.32. The number of nitrogens with two attached hydrogens (primary N) is 1. The van der Waals surface area contributed by atoms with Crippen LogP contribution in [0.4, 0.5) is 5.13 Å². The molecule has 1 aliphatic heterocycles. The first kappa shape index (κ1) is 17.1. The van der Waals surface area contributed by atoms with E-state index in [1.165, 1.54) is 23.1 Å². The van der Waals surface area contributed by atoms with E-state index in [2.05, 4.69) is 15.2 Å². The number of carbonyl (C=O) groups excluding carboxylic acids is 1. The number of thioether (sulfide) groups is 1. The largest absolute Gasteiger partial charge is 0.374 e. The molecule has 0 saturated carbocycles. The van der Waals surface area contributed by atoms with E-state index in [9.17, 15) is 4.79 Å². The van der Waals surface area contributed by atoms with Crippen LogP contribution in [0.15, 0.2) is 28.9 Å². The van der Waals surface area contributed by atoms with E-state index >= 15 is 0 Å². The molecule has 2 N–H and O–H groups in total. The summed E-state index contributed by atoms with van der Waals surface area (Å²) in [5.74, 6) is 0.452. The third-order valence-electron chi connectivity index (χ3n) is 3.68. The molecule has 24 heavy (non-hydrogen) atoms. The zero-order valence-corrected chi connectivity index (χ0v) is 14.8. The van der Waals surface area contributed by atoms with Crippen LogP contribution < -0.4 is 5.73 Å². The Morgan fingerprint density at radius 3 is 3.17 bits per heavy atom. The molecular formula is C15H19N5O2S2. The number of hydrogen-bond acceptors (Lipinski definition) is 8. The van der Waals surface area contributed by atoms with Crippen LogP contribution in [0.25, 0.3) is 0 Å². The van der Waals surface area contributed by atoms with Gasteiger partial charge in [-0.15, -0.1) is 10.2 Å². The van der Waals surface area contributed by atoms with E-state index < -0.39 is 0 Å². The van der Waals surface area contributed by atoms with E-state index in [1.807, 2.05) is 17.0 Å². The smallest absolute Gasteiger partial charge is 0.233 e. The van der Waals surface area contributed by atoms with E-state index in [1.54, 1.807) is 12.4 Å². The molecule has 0 spiro atoms. The van der Waals surface area contributed by atoms with Crippen molar-refractivity contribution < 1.29 is 9.53 Å². The van der Waals surface area contributed by atoms with Crippen LogP contribution in [0.5, 0.6) is 0 Å². The van der Waals surface area contributed by atoms with Crippen LogP contribution in [-0.4, -0.2) is 50.9 Å². The number of nitrogens with zero attached hydrogens (tertiary/aromatic N) is 4. The molecule has 0 bridgehead atoms. The maximum absolute atomic E-state index is 12.4. The van der Waals surface area contributed by atoms with Gasteiger partial charge in [-0.3, -0.25) is 9.78 Å². The van der Waals surface area contributed by atoms with Crippen molar-refractivity contribution in [1.82, 2.24) is 20.1 Å².